The topological polar surface area (TPSA) is 135 Å². The lowest BCUT2D eigenvalue weighted by molar-refractivity contribution is -0.193. The predicted molar refractivity (Wildman–Crippen MR) is 132 cm³/mol. The number of carboxylic acid groups (broad SMARTS) is 2. The normalized spacial score (nSPS) is 20.2. The molecule has 2 aromatic rings. The van der Waals surface area contributed by atoms with E-state index < -0.39 is 42.0 Å². The van der Waals surface area contributed by atoms with Crippen molar-refractivity contribution in [3.8, 4) is 6.07 Å². The van der Waals surface area contributed by atoms with Crippen LogP contribution in [0, 0.1) is 16.7 Å². The first-order chi connectivity index (χ1) is 19.8. The number of piperidine rings is 2. The number of carboxylic acids is 2. The Morgan fingerprint density at radius 2 is 1.60 bits per heavy atom. The smallest absolute Gasteiger partial charge is 0.475 e. The first kappa shape index (κ1) is 34.9. The lowest BCUT2D eigenvalue weighted by atomic mass is 9.71. The molecule has 0 aliphatic carbocycles. The number of anilines is 1. The van der Waals surface area contributed by atoms with Crippen LogP contribution >= 0.6 is 0 Å². The number of benzene rings is 1. The maximum atomic E-state index is 14.7. The number of alkyl halides is 8. The number of hydrogen-bond acceptors (Lipinski definition) is 6. The summed E-state index contributed by atoms with van der Waals surface area (Å²) in [6.45, 7) is 0.748. The van der Waals surface area contributed by atoms with Crippen molar-refractivity contribution in [2.45, 2.75) is 44.1 Å². The van der Waals surface area contributed by atoms with Gasteiger partial charge in [0.05, 0.1) is 23.6 Å². The fourth-order valence-corrected chi connectivity index (χ4v) is 4.65. The highest BCUT2D eigenvalue weighted by molar-refractivity contribution is 5.99. The summed E-state index contributed by atoms with van der Waals surface area (Å²) in [6, 6.07) is 12.5. The number of nitriles is 1. The number of carbonyl (C=O) groups is 3. The van der Waals surface area contributed by atoms with Crippen LogP contribution in [0.15, 0.2) is 48.8 Å². The van der Waals surface area contributed by atoms with E-state index in [1.165, 1.54) is 0 Å². The van der Waals surface area contributed by atoms with Gasteiger partial charge < -0.3 is 15.1 Å². The monoisotopic (exact) mass is 624 g/mol. The predicted octanol–water partition coefficient (Wildman–Crippen LogP) is 4.87. The summed E-state index contributed by atoms with van der Waals surface area (Å²) in [5.74, 6) is -8.72. The molecule has 2 saturated heterocycles. The molecule has 1 atom stereocenters. The second kappa shape index (κ2) is 13.8. The Balaban J connectivity index is 0.000000384. The molecule has 1 amide bonds. The molecule has 3 heterocycles. The lowest BCUT2D eigenvalue weighted by Crippen LogP contribution is -2.61. The van der Waals surface area contributed by atoms with Crippen molar-refractivity contribution >= 4 is 23.5 Å². The van der Waals surface area contributed by atoms with E-state index in [-0.39, 0.29) is 12.5 Å². The van der Waals surface area contributed by atoms with Crippen molar-refractivity contribution in [1.29, 1.82) is 5.26 Å². The third kappa shape index (κ3) is 10.2. The molecular formula is C26H24F8N4O5. The number of likely N-dealkylation sites (tertiary alicyclic amines) is 1. The number of aromatic nitrogens is 1. The fourth-order valence-electron chi connectivity index (χ4n) is 4.65. The molecule has 1 spiro atoms. The Labute approximate surface area is 238 Å². The zero-order valence-electron chi connectivity index (χ0n) is 22.0. The molecule has 4 rings (SSSR count). The van der Waals surface area contributed by atoms with E-state index in [1.807, 2.05) is 6.07 Å². The van der Waals surface area contributed by atoms with Crippen LogP contribution in [0.5, 0.6) is 0 Å². The van der Waals surface area contributed by atoms with Gasteiger partial charge in [0.15, 0.2) is 0 Å². The molecule has 2 fully saturated rings. The Kier molecular flexibility index (Phi) is 11.2. The quantitative estimate of drug-likeness (QED) is 0.462. The van der Waals surface area contributed by atoms with Gasteiger partial charge in [-0.1, -0.05) is 12.1 Å². The Bertz CT molecular complexity index is 1310. The SMILES string of the molecule is N#Cc1cccc(N2CCCC3(CN(Cc4cccnc4)CC(F)(F)C3)C2=O)c1.O=C(O)C(F)(F)F.O=C(O)C(F)(F)F. The summed E-state index contributed by atoms with van der Waals surface area (Å²) >= 11 is 0. The van der Waals surface area contributed by atoms with Crippen LogP contribution < -0.4 is 4.90 Å². The van der Waals surface area contributed by atoms with Crippen molar-refractivity contribution < 1.29 is 59.7 Å². The van der Waals surface area contributed by atoms with Crippen LogP contribution in [0.1, 0.15) is 30.4 Å². The molecule has 2 N–H and O–H groups in total. The molecule has 9 nitrogen and oxygen atoms in total. The van der Waals surface area contributed by atoms with Crippen LogP contribution in [0.4, 0.5) is 40.8 Å². The number of aliphatic carboxylic acids is 2. The van der Waals surface area contributed by atoms with Crippen LogP contribution in [-0.4, -0.2) is 75.9 Å². The van der Waals surface area contributed by atoms with E-state index in [0.29, 0.717) is 43.7 Å². The van der Waals surface area contributed by atoms with Crippen molar-refractivity contribution in [3.05, 3.63) is 59.9 Å². The van der Waals surface area contributed by atoms with Gasteiger partial charge in [-0.2, -0.15) is 31.6 Å². The minimum atomic E-state index is -5.08. The second-order valence-electron chi connectivity index (χ2n) is 9.65. The van der Waals surface area contributed by atoms with Crippen molar-refractivity contribution in [3.63, 3.8) is 0 Å². The first-order valence-corrected chi connectivity index (χ1v) is 12.2. The van der Waals surface area contributed by atoms with Gasteiger partial charge in [-0.3, -0.25) is 14.7 Å². The van der Waals surface area contributed by atoms with Gasteiger partial charge in [0.25, 0.3) is 5.92 Å². The molecule has 1 aromatic heterocycles. The third-order valence-electron chi connectivity index (χ3n) is 6.22. The number of halogens is 8. The average molecular weight is 624 g/mol. The van der Waals surface area contributed by atoms with Crippen LogP contribution in [-0.2, 0) is 20.9 Å². The molecule has 1 unspecified atom stereocenters. The van der Waals surface area contributed by atoms with Gasteiger partial charge in [0.2, 0.25) is 5.91 Å². The molecule has 2 aliphatic rings. The molecule has 17 heteroatoms. The van der Waals surface area contributed by atoms with Crippen molar-refractivity contribution in [2.75, 3.05) is 24.5 Å². The van der Waals surface area contributed by atoms with Gasteiger partial charge >= 0.3 is 24.3 Å². The largest absolute Gasteiger partial charge is 0.490 e. The molecular weight excluding hydrogens is 600 g/mol. The number of amides is 1. The number of rotatable bonds is 3. The van der Waals surface area contributed by atoms with E-state index >= 15 is 0 Å². The average Bonchev–Trinajstić information content (AvgIpc) is 2.89. The molecule has 2 aliphatic heterocycles. The molecule has 1 aromatic carbocycles. The van der Waals surface area contributed by atoms with Gasteiger partial charge in [-0.25, -0.2) is 18.4 Å². The van der Waals surface area contributed by atoms with Crippen LogP contribution in [0.3, 0.4) is 0 Å². The number of nitrogens with zero attached hydrogens (tertiary/aromatic N) is 4. The van der Waals surface area contributed by atoms with Gasteiger partial charge in [-0.05, 0) is 42.7 Å². The summed E-state index contributed by atoms with van der Waals surface area (Å²) in [5.41, 5.74) is 0.773. The zero-order chi connectivity index (χ0) is 32.6. The van der Waals surface area contributed by atoms with E-state index in [2.05, 4.69) is 11.1 Å². The Morgan fingerprint density at radius 1 is 1.00 bits per heavy atom. The second-order valence-corrected chi connectivity index (χ2v) is 9.65. The summed E-state index contributed by atoms with van der Waals surface area (Å²) in [5, 5.41) is 23.4. The minimum Gasteiger partial charge on any atom is -0.475 e. The molecule has 0 saturated carbocycles. The number of carbonyl (C=O) groups excluding carboxylic acids is 1. The van der Waals surface area contributed by atoms with E-state index in [0.717, 1.165) is 5.56 Å². The molecule has 234 valence electrons. The summed E-state index contributed by atoms with van der Waals surface area (Å²) < 4.78 is 92.9. The van der Waals surface area contributed by atoms with E-state index in [1.54, 1.807) is 52.5 Å². The summed E-state index contributed by atoms with van der Waals surface area (Å²) in [4.78, 5) is 38.6. The number of pyridine rings is 1. The van der Waals surface area contributed by atoms with Crippen LogP contribution in [0.25, 0.3) is 0 Å². The maximum absolute atomic E-state index is 14.7. The molecule has 0 radical (unpaired) electrons. The lowest BCUT2D eigenvalue weighted by Gasteiger charge is -2.49. The number of hydrogen-bond donors (Lipinski definition) is 2. The van der Waals surface area contributed by atoms with Gasteiger partial charge in [0.1, 0.15) is 0 Å². The molecule has 43 heavy (non-hydrogen) atoms. The summed E-state index contributed by atoms with van der Waals surface area (Å²) in [6.07, 6.45) is -6.19. The highest BCUT2D eigenvalue weighted by Crippen LogP contribution is 2.46. The summed E-state index contributed by atoms with van der Waals surface area (Å²) in [7, 11) is 0. The van der Waals surface area contributed by atoms with Crippen LogP contribution in [0.2, 0.25) is 0 Å². The third-order valence-corrected chi connectivity index (χ3v) is 6.22. The Morgan fingerprint density at radius 3 is 2.12 bits per heavy atom. The highest BCUT2D eigenvalue weighted by atomic mass is 19.4. The van der Waals surface area contributed by atoms with E-state index in [4.69, 9.17) is 25.1 Å². The first-order valence-electron chi connectivity index (χ1n) is 12.2. The highest BCUT2D eigenvalue weighted by Gasteiger charge is 2.55. The minimum absolute atomic E-state index is 0.269. The molecule has 0 bridgehead atoms. The van der Waals surface area contributed by atoms with Crippen molar-refractivity contribution in [1.82, 2.24) is 9.88 Å². The van der Waals surface area contributed by atoms with Gasteiger partial charge in [0, 0.05) is 44.1 Å². The maximum Gasteiger partial charge on any atom is 0.490 e. The Hall–Kier alpha value is -4.33. The van der Waals surface area contributed by atoms with E-state index in [9.17, 15) is 39.9 Å². The fraction of sp³-hybridized carbons (Fsp3) is 0.423. The van der Waals surface area contributed by atoms with Gasteiger partial charge in [-0.15, -0.1) is 0 Å². The van der Waals surface area contributed by atoms with Crippen molar-refractivity contribution in [2.24, 2.45) is 5.41 Å². The zero-order valence-corrected chi connectivity index (χ0v) is 22.0. The standard InChI is InChI=1S/C22H22F2N4O.2C2HF3O2/c23-22(24)14-21(15-27(16-22)13-18-5-2-8-26-12-18)7-3-9-28(20(21)29)19-6-1-4-17(10-19)11-25;2*3-2(4,5)1(6)7/h1-2,4-6,8,10,12H,3,7,9,13-16H2;2*(H,6,7).